The molecule has 0 saturated carbocycles. The summed E-state index contributed by atoms with van der Waals surface area (Å²) in [6.07, 6.45) is 5.84. The molecule has 0 spiro atoms. The number of benzene rings is 1. The second-order valence-corrected chi connectivity index (χ2v) is 4.51. The fourth-order valence-electron chi connectivity index (χ4n) is 1.81. The minimum absolute atomic E-state index is 0.137. The molecule has 0 fully saturated rings. The van der Waals surface area contributed by atoms with Gasteiger partial charge in [0.2, 0.25) is 5.91 Å². The third-order valence-electron chi connectivity index (χ3n) is 2.73. The van der Waals surface area contributed by atoms with Crippen molar-refractivity contribution in [2.75, 3.05) is 0 Å². The Morgan fingerprint density at radius 3 is 2.43 bits per heavy atom. The number of hydrogen-bond donors (Lipinski definition) is 2. The summed E-state index contributed by atoms with van der Waals surface area (Å²) in [5, 5.41) is 11.3. The van der Waals surface area contributed by atoms with Crippen LogP contribution in [0.2, 0.25) is 0 Å². The Balaban J connectivity index is 2.61. The highest BCUT2D eigenvalue weighted by Crippen LogP contribution is 2.09. The summed E-state index contributed by atoms with van der Waals surface area (Å²) >= 11 is 0. The predicted molar refractivity (Wildman–Crippen MR) is 72.3 cm³/mol. The van der Waals surface area contributed by atoms with Gasteiger partial charge >= 0.3 is 5.97 Å². The Morgan fingerprint density at radius 1 is 1.29 bits per heavy atom. The van der Waals surface area contributed by atoms with Crippen LogP contribution in [-0.2, 0) is 16.0 Å². The van der Waals surface area contributed by atoms with E-state index in [9.17, 15) is 18.4 Å². The van der Waals surface area contributed by atoms with Gasteiger partial charge in [-0.1, -0.05) is 0 Å². The lowest BCUT2D eigenvalue weighted by molar-refractivity contribution is -0.141. The maximum absolute atomic E-state index is 13.0. The van der Waals surface area contributed by atoms with Gasteiger partial charge in [-0.2, -0.15) is 0 Å². The molecule has 1 aromatic rings. The molecule has 1 atom stereocenters. The first-order valence-electron chi connectivity index (χ1n) is 6.33. The zero-order valence-corrected chi connectivity index (χ0v) is 11.2. The van der Waals surface area contributed by atoms with Crippen LogP contribution in [0.1, 0.15) is 24.8 Å². The number of terminal acetylenes is 1. The van der Waals surface area contributed by atoms with Gasteiger partial charge in [-0.15, -0.1) is 12.3 Å². The highest BCUT2D eigenvalue weighted by atomic mass is 19.1. The van der Waals surface area contributed by atoms with E-state index in [1.807, 2.05) is 0 Å². The van der Waals surface area contributed by atoms with Crippen molar-refractivity contribution in [3.05, 3.63) is 35.4 Å². The van der Waals surface area contributed by atoms with E-state index in [0.717, 1.165) is 12.1 Å². The first-order chi connectivity index (χ1) is 9.92. The van der Waals surface area contributed by atoms with Crippen LogP contribution in [0.15, 0.2) is 18.2 Å². The molecular weight excluding hydrogens is 280 g/mol. The molecule has 0 aliphatic heterocycles. The molecule has 0 aliphatic rings. The van der Waals surface area contributed by atoms with Crippen LogP contribution in [0, 0.1) is 24.0 Å². The highest BCUT2D eigenvalue weighted by molar-refractivity contribution is 5.84. The molecule has 1 rings (SSSR count). The Labute approximate surface area is 121 Å². The number of rotatable bonds is 7. The molecule has 0 saturated heterocycles. The zero-order valence-electron chi connectivity index (χ0n) is 11.2. The number of amides is 1. The summed E-state index contributed by atoms with van der Waals surface area (Å²) in [5.41, 5.74) is 0.137. The van der Waals surface area contributed by atoms with Crippen molar-refractivity contribution < 1.29 is 23.5 Å². The molecule has 0 unspecified atom stereocenters. The van der Waals surface area contributed by atoms with Crippen LogP contribution in [-0.4, -0.2) is 23.0 Å². The average molecular weight is 295 g/mol. The standard InChI is InChI=1S/C15H15F2NO3/c1-2-3-4-5-13(15(20)21)18-14(19)8-10-6-11(16)9-12(17)7-10/h1,6-7,9,13H,3-5,8H2,(H,18,19)(H,20,21)/t13-/m1/s1. The van der Waals surface area contributed by atoms with E-state index in [1.54, 1.807) is 0 Å². The third-order valence-corrected chi connectivity index (χ3v) is 2.73. The number of carboxylic acids is 1. The van der Waals surface area contributed by atoms with Crippen molar-refractivity contribution in [1.82, 2.24) is 5.32 Å². The van der Waals surface area contributed by atoms with E-state index in [2.05, 4.69) is 11.2 Å². The van der Waals surface area contributed by atoms with Crippen LogP contribution in [0.5, 0.6) is 0 Å². The monoisotopic (exact) mass is 295 g/mol. The summed E-state index contributed by atoms with van der Waals surface area (Å²) in [4.78, 5) is 22.7. The molecule has 1 amide bonds. The van der Waals surface area contributed by atoms with E-state index < -0.39 is 29.6 Å². The number of unbranched alkanes of at least 4 members (excludes halogenated alkanes) is 1. The SMILES string of the molecule is C#CCCC[C@@H](NC(=O)Cc1cc(F)cc(F)c1)C(=O)O. The Hall–Kier alpha value is -2.42. The van der Waals surface area contributed by atoms with Gasteiger partial charge in [0.05, 0.1) is 6.42 Å². The summed E-state index contributed by atoms with van der Waals surface area (Å²) in [7, 11) is 0. The van der Waals surface area contributed by atoms with Crippen LogP contribution in [0.25, 0.3) is 0 Å². The molecule has 2 N–H and O–H groups in total. The Morgan fingerprint density at radius 2 is 1.90 bits per heavy atom. The zero-order chi connectivity index (χ0) is 15.8. The van der Waals surface area contributed by atoms with Crippen LogP contribution in [0.4, 0.5) is 8.78 Å². The number of carboxylic acid groups (broad SMARTS) is 1. The molecule has 0 aliphatic carbocycles. The topological polar surface area (TPSA) is 66.4 Å². The maximum Gasteiger partial charge on any atom is 0.326 e. The minimum atomic E-state index is -1.18. The fraction of sp³-hybridized carbons (Fsp3) is 0.333. The van der Waals surface area contributed by atoms with Crippen molar-refractivity contribution in [3.63, 3.8) is 0 Å². The van der Waals surface area contributed by atoms with E-state index in [4.69, 9.17) is 11.5 Å². The van der Waals surface area contributed by atoms with E-state index in [1.165, 1.54) is 0 Å². The summed E-state index contributed by atoms with van der Waals surface area (Å²) in [6, 6.07) is 1.68. The Kier molecular flexibility index (Phi) is 6.34. The molecule has 1 aromatic carbocycles. The molecule has 0 aromatic heterocycles. The van der Waals surface area contributed by atoms with Gasteiger partial charge in [0.25, 0.3) is 0 Å². The molecule has 0 heterocycles. The van der Waals surface area contributed by atoms with Crippen molar-refractivity contribution in [1.29, 1.82) is 0 Å². The molecule has 6 heteroatoms. The van der Waals surface area contributed by atoms with Crippen LogP contribution < -0.4 is 5.32 Å². The largest absolute Gasteiger partial charge is 0.480 e. The van der Waals surface area contributed by atoms with Gasteiger partial charge in [0.1, 0.15) is 17.7 Å². The van der Waals surface area contributed by atoms with Gasteiger partial charge < -0.3 is 10.4 Å². The lowest BCUT2D eigenvalue weighted by atomic mass is 10.1. The molecular formula is C15H15F2NO3. The van der Waals surface area contributed by atoms with Gasteiger partial charge in [-0.3, -0.25) is 4.79 Å². The second kappa shape index (κ2) is 8.00. The van der Waals surface area contributed by atoms with Crippen molar-refractivity contribution in [2.45, 2.75) is 31.7 Å². The molecule has 0 bridgehead atoms. The minimum Gasteiger partial charge on any atom is -0.480 e. The maximum atomic E-state index is 13.0. The van der Waals surface area contributed by atoms with Crippen molar-refractivity contribution >= 4 is 11.9 Å². The third kappa shape index (κ3) is 6.04. The van der Waals surface area contributed by atoms with Crippen LogP contribution in [0.3, 0.4) is 0 Å². The van der Waals surface area contributed by atoms with Gasteiger partial charge in [-0.05, 0) is 30.5 Å². The Bertz CT molecular complexity index is 546. The number of nitrogens with one attached hydrogen (secondary N) is 1. The van der Waals surface area contributed by atoms with E-state index in [-0.39, 0.29) is 18.4 Å². The quantitative estimate of drug-likeness (QED) is 0.596. The number of carbonyl (C=O) groups excluding carboxylic acids is 1. The lowest BCUT2D eigenvalue weighted by Crippen LogP contribution is -2.41. The first kappa shape index (κ1) is 16.6. The van der Waals surface area contributed by atoms with E-state index in [0.29, 0.717) is 18.9 Å². The molecule has 112 valence electrons. The first-order valence-corrected chi connectivity index (χ1v) is 6.33. The normalized spacial score (nSPS) is 11.5. The lowest BCUT2D eigenvalue weighted by Gasteiger charge is -2.14. The number of hydrogen-bond acceptors (Lipinski definition) is 2. The number of halogens is 2. The number of aliphatic carboxylic acids is 1. The van der Waals surface area contributed by atoms with Gasteiger partial charge in [0, 0.05) is 12.5 Å². The molecule has 21 heavy (non-hydrogen) atoms. The average Bonchev–Trinajstić information content (AvgIpc) is 2.36. The molecule has 4 nitrogen and oxygen atoms in total. The second-order valence-electron chi connectivity index (χ2n) is 4.51. The highest BCUT2D eigenvalue weighted by Gasteiger charge is 2.19. The predicted octanol–water partition coefficient (Wildman–Crippen LogP) is 1.88. The van der Waals surface area contributed by atoms with Gasteiger partial charge in [-0.25, -0.2) is 13.6 Å². The van der Waals surface area contributed by atoms with E-state index >= 15 is 0 Å². The summed E-state index contributed by atoms with van der Waals surface area (Å²) in [5.74, 6) is -0.994. The van der Waals surface area contributed by atoms with Crippen molar-refractivity contribution in [2.24, 2.45) is 0 Å². The summed E-state index contributed by atoms with van der Waals surface area (Å²) < 4.78 is 26.0. The van der Waals surface area contributed by atoms with Crippen molar-refractivity contribution in [3.8, 4) is 12.3 Å². The smallest absolute Gasteiger partial charge is 0.326 e. The van der Waals surface area contributed by atoms with Crippen LogP contribution >= 0.6 is 0 Å². The number of carbonyl (C=O) groups is 2. The van der Waals surface area contributed by atoms with Gasteiger partial charge in [0.15, 0.2) is 0 Å². The molecule has 0 radical (unpaired) electrons. The fourth-order valence-corrected chi connectivity index (χ4v) is 1.81. The summed E-state index contributed by atoms with van der Waals surface area (Å²) in [6.45, 7) is 0.